The topological polar surface area (TPSA) is 54.4 Å². The zero-order valence-electron chi connectivity index (χ0n) is 21.7. The molecule has 1 fully saturated rings. The zero-order chi connectivity index (χ0) is 25.6. The van der Waals surface area contributed by atoms with E-state index >= 15 is 0 Å². The van der Waals surface area contributed by atoms with Gasteiger partial charge in [0.25, 0.3) is 5.91 Å². The predicted molar refractivity (Wildman–Crippen MR) is 146 cm³/mol. The van der Waals surface area contributed by atoms with Gasteiger partial charge >= 0.3 is 0 Å². The second kappa shape index (κ2) is 11.6. The van der Waals surface area contributed by atoms with Crippen LogP contribution in [0, 0.1) is 5.92 Å². The van der Waals surface area contributed by atoms with Gasteiger partial charge in [-0.15, -0.1) is 0 Å². The summed E-state index contributed by atoms with van der Waals surface area (Å²) in [5.74, 6) is 2.32. The molecule has 0 spiro atoms. The maximum Gasteiger partial charge on any atom is 0.257 e. The lowest BCUT2D eigenvalue weighted by Gasteiger charge is -2.33. The standard InChI is InChI=1S/C31H35N3O3/c1-36-27-12-8-25(9-13-27)29-21-30(26-10-14-28(37-2)15-11-26)34(32-29)31(35)22-33-18-16-24(17-19-33)20-23-6-4-3-5-7-23/h3-15,24,30H,16-22H2,1-2H3/t30-/m0/s1. The molecule has 5 rings (SSSR count). The quantitative estimate of drug-likeness (QED) is 0.422. The van der Waals surface area contributed by atoms with Crippen molar-refractivity contribution in [3.63, 3.8) is 0 Å². The normalized spacial score (nSPS) is 18.5. The van der Waals surface area contributed by atoms with Gasteiger partial charge in [-0.05, 0) is 91.4 Å². The summed E-state index contributed by atoms with van der Waals surface area (Å²) in [6, 6.07) is 26.4. The monoisotopic (exact) mass is 497 g/mol. The van der Waals surface area contributed by atoms with Crippen molar-refractivity contribution in [3.05, 3.63) is 95.6 Å². The number of methoxy groups -OCH3 is 2. The Morgan fingerprint density at radius 1 is 0.865 bits per heavy atom. The van der Waals surface area contributed by atoms with Crippen molar-refractivity contribution < 1.29 is 14.3 Å². The fraction of sp³-hybridized carbons (Fsp3) is 0.355. The fourth-order valence-electron chi connectivity index (χ4n) is 5.34. The van der Waals surface area contributed by atoms with Crippen LogP contribution in [0.25, 0.3) is 0 Å². The molecule has 192 valence electrons. The summed E-state index contributed by atoms with van der Waals surface area (Å²) in [4.78, 5) is 15.9. The summed E-state index contributed by atoms with van der Waals surface area (Å²) in [5, 5.41) is 6.56. The number of hydrogen-bond acceptors (Lipinski definition) is 5. The van der Waals surface area contributed by atoms with Crippen molar-refractivity contribution in [3.8, 4) is 11.5 Å². The highest BCUT2D eigenvalue weighted by molar-refractivity contribution is 6.03. The highest BCUT2D eigenvalue weighted by atomic mass is 16.5. The van der Waals surface area contributed by atoms with Crippen LogP contribution in [0.2, 0.25) is 0 Å². The summed E-state index contributed by atoms with van der Waals surface area (Å²) >= 11 is 0. The number of piperidine rings is 1. The molecule has 3 aromatic carbocycles. The van der Waals surface area contributed by atoms with Crippen LogP contribution in [0.5, 0.6) is 11.5 Å². The van der Waals surface area contributed by atoms with E-state index in [-0.39, 0.29) is 11.9 Å². The lowest BCUT2D eigenvalue weighted by molar-refractivity contribution is -0.134. The van der Waals surface area contributed by atoms with Crippen molar-refractivity contribution in [1.82, 2.24) is 9.91 Å². The van der Waals surface area contributed by atoms with Crippen LogP contribution in [0.1, 0.15) is 42.0 Å². The van der Waals surface area contributed by atoms with Crippen LogP contribution in [-0.4, -0.2) is 55.4 Å². The summed E-state index contributed by atoms with van der Waals surface area (Å²) in [6.07, 6.45) is 4.02. The van der Waals surface area contributed by atoms with E-state index in [9.17, 15) is 4.79 Å². The van der Waals surface area contributed by atoms with Gasteiger partial charge in [-0.25, -0.2) is 5.01 Å². The van der Waals surface area contributed by atoms with Gasteiger partial charge in [-0.3, -0.25) is 9.69 Å². The van der Waals surface area contributed by atoms with Crippen molar-refractivity contribution in [1.29, 1.82) is 0 Å². The third kappa shape index (κ3) is 6.03. The minimum atomic E-state index is -0.133. The molecule has 0 N–H and O–H groups in total. The molecule has 0 unspecified atom stereocenters. The number of hydrogen-bond donors (Lipinski definition) is 0. The Morgan fingerprint density at radius 3 is 2.11 bits per heavy atom. The van der Waals surface area contributed by atoms with E-state index < -0.39 is 0 Å². The molecule has 1 saturated heterocycles. The molecule has 2 heterocycles. The van der Waals surface area contributed by atoms with Gasteiger partial charge in [-0.1, -0.05) is 42.5 Å². The Labute approximate surface area is 219 Å². The molecular weight excluding hydrogens is 462 g/mol. The Balaban J connectivity index is 1.27. The van der Waals surface area contributed by atoms with E-state index in [2.05, 4.69) is 35.2 Å². The largest absolute Gasteiger partial charge is 0.497 e. The molecule has 3 aromatic rings. The highest BCUT2D eigenvalue weighted by Gasteiger charge is 2.34. The molecule has 6 nitrogen and oxygen atoms in total. The van der Waals surface area contributed by atoms with Gasteiger partial charge in [0.1, 0.15) is 11.5 Å². The predicted octanol–water partition coefficient (Wildman–Crippen LogP) is 5.34. The average molecular weight is 498 g/mol. The third-order valence-electron chi connectivity index (χ3n) is 7.52. The van der Waals surface area contributed by atoms with E-state index in [0.717, 1.165) is 60.7 Å². The van der Waals surface area contributed by atoms with E-state index in [1.54, 1.807) is 19.2 Å². The number of hydrazone groups is 1. The maximum absolute atomic E-state index is 13.6. The van der Waals surface area contributed by atoms with Crippen molar-refractivity contribution in [2.45, 2.75) is 31.7 Å². The number of likely N-dealkylation sites (tertiary alicyclic amines) is 1. The molecule has 6 heteroatoms. The molecule has 0 aliphatic carbocycles. The van der Waals surface area contributed by atoms with Crippen LogP contribution in [0.4, 0.5) is 0 Å². The van der Waals surface area contributed by atoms with Gasteiger partial charge in [0.05, 0.1) is 32.5 Å². The van der Waals surface area contributed by atoms with E-state index in [0.29, 0.717) is 18.9 Å². The highest BCUT2D eigenvalue weighted by Crippen LogP contribution is 2.34. The molecule has 37 heavy (non-hydrogen) atoms. The number of rotatable bonds is 8. The van der Waals surface area contributed by atoms with Crippen LogP contribution < -0.4 is 9.47 Å². The van der Waals surface area contributed by atoms with E-state index in [1.165, 1.54) is 5.56 Å². The molecule has 2 aliphatic heterocycles. The number of ether oxygens (including phenoxy) is 2. The third-order valence-corrected chi connectivity index (χ3v) is 7.52. The second-order valence-electron chi connectivity index (χ2n) is 9.92. The van der Waals surface area contributed by atoms with Gasteiger partial charge in [0.2, 0.25) is 0 Å². The lowest BCUT2D eigenvalue weighted by Crippen LogP contribution is -2.42. The molecule has 1 atom stereocenters. The van der Waals surface area contributed by atoms with Crippen molar-refractivity contribution >= 4 is 11.6 Å². The van der Waals surface area contributed by atoms with Crippen molar-refractivity contribution in [2.24, 2.45) is 11.0 Å². The van der Waals surface area contributed by atoms with E-state index in [1.807, 2.05) is 48.5 Å². The Hall–Kier alpha value is -3.64. The Bertz CT molecular complexity index is 1200. The maximum atomic E-state index is 13.6. The number of benzene rings is 3. The van der Waals surface area contributed by atoms with Crippen LogP contribution in [0.3, 0.4) is 0 Å². The van der Waals surface area contributed by atoms with Crippen LogP contribution >= 0.6 is 0 Å². The Morgan fingerprint density at radius 2 is 1.49 bits per heavy atom. The molecule has 0 aromatic heterocycles. The first-order valence-electron chi connectivity index (χ1n) is 13.1. The fourth-order valence-corrected chi connectivity index (χ4v) is 5.34. The molecule has 0 bridgehead atoms. The number of carbonyl (C=O) groups excluding carboxylic acids is 1. The number of carbonyl (C=O) groups is 1. The second-order valence-corrected chi connectivity index (χ2v) is 9.92. The SMILES string of the molecule is COc1ccc(C2=NN(C(=O)CN3CCC(Cc4ccccc4)CC3)[C@H](c3ccc(OC)cc3)C2)cc1. The summed E-state index contributed by atoms with van der Waals surface area (Å²) in [6.45, 7) is 2.28. The lowest BCUT2D eigenvalue weighted by atomic mass is 9.90. The van der Waals surface area contributed by atoms with Gasteiger partial charge in [0.15, 0.2) is 0 Å². The summed E-state index contributed by atoms with van der Waals surface area (Å²) < 4.78 is 10.6. The number of nitrogens with zero attached hydrogens (tertiary/aromatic N) is 3. The van der Waals surface area contributed by atoms with Crippen LogP contribution in [-0.2, 0) is 11.2 Å². The molecule has 2 aliphatic rings. The Kier molecular flexibility index (Phi) is 7.85. The van der Waals surface area contributed by atoms with Crippen LogP contribution in [0.15, 0.2) is 84.0 Å². The molecule has 0 saturated carbocycles. The molecular formula is C31H35N3O3. The van der Waals surface area contributed by atoms with Gasteiger partial charge in [-0.2, -0.15) is 5.10 Å². The van der Waals surface area contributed by atoms with E-state index in [4.69, 9.17) is 14.6 Å². The first-order valence-corrected chi connectivity index (χ1v) is 13.1. The number of amides is 1. The summed E-state index contributed by atoms with van der Waals surface area (Å²) in [7, 11) is 3.32. The minimum Gasteiger partial charge on any atom is -0.497 e. The smallest absolute Gasteiger partial charge is 0.257 e. The minimum absolute atomic E-state index is 0.0471. The first-order chi connectivity index (χ1) is 18.1. The van der Waals surface area contributed by atoms with Gasteiger partial charge < -0.3 is 9.47 Å². The van der Waals surface area contributed by atoms with Gasteiger partial charge in [0, 0.05) is 6.42 Å². The molecule has 0 radical (unpaired) electrons. The van der Waals surface area contributed by atoms with Crippen molar-refractivity contribution in [2.75, 3.05) is 33.9 Å². The first kappa shape index (κ1) is 25.0. The zero-order valence-corrected chi connectivity index (χ0v) is 21.7. The summed E-state index contributed by atoms with van der Waals surface area (Å²) in [5.41, 5.74) is 4.38. The average Bonchev–Trinajstić information content (AvgIpc) is 3.40. The molecule has 1 amide bonds.